The molecule has 20 heavy (non-hydrogen) atoms. The largest absolute Gasteiger partial charge is 0.272 e. The zero-order valence-corrected chi connectivity index (χ0v) is 14.1. The van der Waals surface area contributed by atoms with Crippen molar-refractivity contribution in [1.29, 1.82) is 0 Å². The summed E-state index contributed by atoms with van der Waals surface area (Å²) < 4.78 is -1.90. The fourth-order valence-electron chi connectivity index (χ4n) is 3.15. The summed E-state index contributed by atoms with van der Waals surface area (Å²) in [5, 5.41) is 0.328. The fourth-order valence-corrected chi connectivity index (χ4v) is 6.08. The highest BCUT2D eigenvalue weighted by Crippen LogP contribution is 2.77. The van der Waals surface area contributed by atoms with E-state index < -0.39 is 37.7 Å². The van der Waals surface area contributed by atoms with E-state index in [0.29, 0.717) is 5.06 Å². The third-order valence-electron chi connectivity index (χ3n) is 4.05. The van der Waals surface area contributed by atoms with Crippen molar-refractivity contribution in [2.75, 3.05) is 7.11 Å². The van der Waals surface area contributed by atoms with Gasteiger partial charge in [-0.15, -0.1) is 23.2 Å². The number of allylic oxidation sites excluding steroid dienone is 2. The lowest BCUT2D eigenvalue weighted by atomic mass is 9.84. The third-order valence-corrected chi connectivity index (χ3v) is 8.31. The topological polar surface area (TPSA) is 46.6 Å². The maximum Gasteiger partial charge on any atom is 0.259 e. The van der Waals surface area contributed by atoms with Gasteiger partial charge < -0.3 is 0 Å². The molecule has 0 unspecified atom stereocenters. The Bertz CT molecular complexity index is 546. The van der Waals surface area contributed by atoms with Gasteiger partial charge in [0.2, 0.25) is 0 Å². The molecule has 0 aromatic heterocycles. The minimum Gasteiger partial charge on any atom is -0.272 e. The number of hydroxylamine groups is 2. The lowest BCUT2D eigenvalue weighted by Gasteiger charge is -2.34. The minimum atomic E-state index is -1.90. The van der Waals surface area contributed by atoms with Crippen LogP contribution in [0.25, 0.3) is 0 Å². The van der Waals surface area contributed by atoms with Gasteiger partial charge in [-0.25, -0.2) is 0 Å². The average molecular weight is 400 g/mol. The summed E-state index contributed by atoms with van der Waals surface area (Å²) in [6, 6.07) is 0. The van der Waals surface area contributed by atoms with Crippen LogP contribution >= 0.6 is 69.6 Å². The Labute approximate surface area is 143 Å². The maximum atomic E-state index is 12.3. The van der Waals surface area contributed by atoms with Crippen molar-refractivity contribution >= 4 is 81.4 Å². The molecule has 1 heterocycles. The van der Waals surface area contributed by atoms with Gasteiger partial charge >= 0.3 is 0 Å². The number of hydrogen-bond acceptors (Lipinski definition) is 3. The summed E-state index contributed by atoms with van der Waals surface area (Å²) in [5.41, 5.74) is 0. The summed E-state index contributed by atoms with van der Waals surface area (Å²) in [6.45, 7) is 0. The van der Waals surface area contributed by atoms with Crippen molar-refractivity contribution in [3.63, 3.8) is 0 Å². The minimum absolute atomic E-state index is 0.124. The standard InChI is InChI=1S/C10H5Cl6NO3/c1-20-17-6(18)2-3(7(17)19)9(14)5(12)4(11)8(2,13)10(9,15)16/h2-3H,1H3/t2-,3-,8+,9+/m0/s1. The number of nitrogens with zero attached hydrogens (tertiary/aromatic N) is 1. The Morgan fingerprint density at radius 1 is 0.950 bits per heavy atom. The number of amides is 2. The van der Waals surface area contributed by atoms with Crippen LogP contribution in [-0.4, -0.2) is 38.1 Å². The molecule has 2 bridgehead atoms. The zero-order valence-electron chi connectivity index (χ0n) is 9.59. The van der Waals surface area contributed by atoms with Crippen LogP contribution in [-0.2, 0) is 14.4 Å². The van der Waals surface area contributed by atoms with Crippen molar-refractivity contribution in [3.8, 4) is 0 Å². The molecule has 4 atom stereocenters. The van der Waals surface area contributed by atoms with Crippen LogP contribution in [0.3, 0.4) is 0 Å². The van der Waals surface area contributed by atoms with Gasteiger partial charge in [-0.3, -0.25) is 14.4 Å². The number of alkyl halides is 4. The van der Waals surface area contributed by atoms with Crippen LogP contribution in [0.15, 0.2) is 10.1 Å². The monoisotopic (exact) mass is 397 g/mol. The molecule has 0 radical (unpaired) electrons. The molecule has 1 saturated heterocycles. The summed E-state index contributed by atoms with van der Waals surface area (Å²) in [5.74, 6) is -3.68. The highest BCUT2D eigenvalue weighted by molar-refractivity contribution is 6.66. The van der Waals surface area contributed by atoms with E-state index in [2.05, 4.69) is 0 Å². The van der Waals surface area contributed by atoms with Gasteiger partial charge in [-0.1, -0.05) is 46.4 Å². The Kier molecular flexibility index (Phi) is 3.18. The first-order valence-electron chi connectivity index (χ1n) is 5.32. The number of carbonyl (C=O) groups is 2. The molecule has 10 heteroatoms. The summed E-state index contributed by atoms with van der Waals surface area (Å²) in [6.07, 6.45) is 0. The summed E-state index contributed by atoms with van der Waals surface area (Å²) in [4.78, 5) is 25.8. The summed E-state index contributed by atoms with van der Waals surface area (Å²) in [7, 11) is 1.17. The molecule has 0 aromatic carbocycles. The average Bonchev–Trinajstić information content (AvgIpc) is 2.75. The van der Waals surface area contributed by atoms with E-state index in [1.165, 1.54) is 7.11 Å². The molecule has 2 amide bonds. The SMILES string of the molecule is CON1C(=O)[C@@H]2[C@@H](C1=O)[C@@]1(Cl)C(Cl)=C(Cl)[C@@]2(Cl)C1(Cl)Cl. The maximum absolute atomic E-state index is 12.3. The number of halogens is 6. The lowest BCUT2D eigenvalue weighted by molar-refractivity contribution is -0.182. The van der Waals surface area contributed by atoms with Gasteiger partial charge in [-0.05, 0) is 0 Å². The number of hydrogen-bond donors (Lipinski definition) is 0. The van der Waals surface area contributed by atoms with Gasteiger partial charge in [0, 0.05) is 0 Å². The molecule has 2 fully saturated rings. The van der Waals surface area contributed by atoms with Gasteiger partial charge in [0.25, 0.3) is 11.8 Å². The molecule has 0 spiro atoms. The fraction of sp³-hybridized carbons (Fsp3) is 0.600. The number of rotatable bonds is 1. The van der Waals surface area contributed by atoms with Crippen molar-refractivity contribution in [2.24, 2.45) is 11.8 Å². The molecular weight excluding hydrogens is 395 g/mol. The molecule has 0 N–H and O–H groups in total. The molecule has 110 valence electrons. The molecule has 2 aliphatic carbocycles. The van der Waals surface area contributed by atoms with Gasteiger partial charge in [-0.2, -0.15) is 5.06 Å². The zero-order chi connectivity index (χ0) is 15.2. The van der Waals surface area contributed by atoms with Crippen molar-refractivity contribution in [3.05, 3.63) is 10.1 Å². The normalized spacial score (nSPS) is 45.6. The first-order valence-corrected chi connectivity index (χ1v) is 7.59. The predicted molar refractivity (Wildman–Crippen MR) is 76.2 cm³/mol. The van der Waals surface area contributed by atoms with Crippen molar-refractivity contribution < 1.29 is 14.4 Å². The molecule has 3 aliphatic rings. The quantitative estimate of drug-likeness (QED) is 0.503. The van der Waals surface area contributed by atoms with E-state index in [1.54, 1.807) is 0 Å². The first-order chi connectivity index (χ1) is 9.08. The van der Waals surface area contributed by atoms with E-state index >= 15 is 0 Å². The van der Waals surface area contributed by atoms with Crippen LogP contribution < -0.4 is 0 Å². The Hall–Kier alpha value is 0.580. The predicted octanol–water partition coefficient (Wildman–Crippen LogP) is 2.99. The first kappa shape index (κ1) is 15.5. The smallest absolute Gasteiger partial charge is 0.259 e. The molecule has 1 saturated carbocycles. The van der Waals surface area contributed by atoms with Crippen LogP contribution in [0.5, 0.6) is 0 Å². The van der Waals surface area contributed by atoms with E-state index in [4.69, 9.17) is 74.4 Å². The van der Waals surface area contributed by atoms with E-state index in [1.807, 2.05) is 0 Å². The Morgan fingerprint density at radius 2 is 1.30 bits per heavy atom. The van der Waals surface area contributed by atoms with Crippen LogP contribution in [0.4, 0.5) is 0 Å². The second-order valence-electron chi connectivity index (χ2n) is 4.73. The number of carbonyl (C=O) groups excluding carboxylic acids is 2. The Morgan fingerprint density at radius 3 is 1.60 bits per heavy atom. The van der Waals surface area contributed by atoms with Gasteiger partial charge in [0.1, 0.15) is 9.75 Å². The van der Waals surface area contributed by atoms with Crippen molar-refractivity contribution in [1.82, 2.24) is 5.06 Å². The highest BCUT2D eigenvalue weighted by atomic mass is 35.5. The highest BCUT2D eigenvalue weighted by Gasteiger charge is 2.87. The molecular formula is C10H5Cl6NO3. The second-order valence-corrected chi connectivity index (χ2v) is 8.01. The van der Waals surface area contributed by atoms with E-state index in [0.717, 1.165) is 0 Å². The van der Waals surface area contributed by atoms with Crippen LogP contribution in [0.1, 0.15) is 0 Å². The number of fused-ring (bicyclic) bond motifs is 5. The molecule has 1 aliphatic heterocycles. The third kappa shape index (κ3) is 1.22. The Balaban J connectivity index is 2.31. The van der Waals surface area contributed by atoms with Gasteiger partial charge in [0.15, 0.2) is 4.33 Å². The number of imide groups is 1. The molecule has 3 rings (SSSR count). The van der Waals surface area contributed by atoms with Crippen molar-refractivity contribution in [2.45, 2.75) is 14.1 Å². The summed E-state index contributed by atoms with van der Waals surface area (Å²) >= 11 is 37.5. The van der Waals surface area contributed by atoms with Gasteiger partial charge in [0.05, 0.1) is 29.0 Å². The van der Waals surface area contributed by atoms with Crippen LogP contribution in [0, 0.1) is 11.8 Å². The molecule has 0 aromatic rings. The second kappa shape index (κ2) is 4.10. The van der Waals surface area contributed by atoms with E-state index in [9.17, 15) is 9.59 Å². The lowest BCUT2D eigenvalue weighted by Crippen LogP contribution is -2.49. The van der Waals surface area contributed by atoms with Crippen LogP contribution in [0.2, 0.25) is 0 Å². The van der Waals surface area contributed by atoms with E-state index in [-0.39, 0.29) is 10.1 Å². The molecule has 4 nitrogen and oxygen atoms in total.